The van der Waals surface area contributed by atoms with Crippen LogP contribution in [0, 0.1) is 0 Å². The Bertz CT molecular complexity index is 859. The summed E-state index contributed by atoms with van der Waals surface area (Å²) >= 11 is 0. The van der Waals surface area contributed by atoms with Crippen LogP contribution < -0.4 is 0 Å². The third-order valence-electron chi connectivity index (χ3n) is 8.14. The second-order valence-electron chi connectivity index (χ2n) is 11.1. The lowest BCUT2D eigenvalue weighted by Gasteiger charge is -2.53. The van der Waals surface area contributed by atoms with E-state index < -0.39 is 0 Å². The smallest absolute Gasteiger partial charge is 0.123 e. The summed E-state index contributed by atoms with van der Waals surface area (Å²) in [6, 6.07) is 22.9. The Labute approximate surface area is 222 Å². The highest BCUT2D eigenvalue weighted by molar-refractivity contribution is 5.30. The Kier molecular flexibility index (Phi) is 11.9. The molecule has 198 valence electrons. The van der Waals surface area contributed by atoms with Gasteiger partial charge in [-0.3, -0.25) is 0 Å². The van der Waals surface area contributed by atoms with E-state index in [0.29, 0.717) is 12.0 Å². The minimum Gasteiger partial charge on any atom is -0.353 e. The van der Waals surface area contributed by atoms with Gasteiger partial charge in [0.15, 0.2) is 0 Å². The van der Waals surface area contributed by atoms with Crippen molar-refractivity contribution in [3.8, 4) is 0 Å². The van der Waals surface area contributed by atoms with Crippen molar-refractivity contribution >= 4 is 0 Å². The SMILES string of the molecule is CCCCCCCCCCCCN1C=CN(C(C)C)C1(Cc1ccccc1)C(CC)c1ccccc1. The zero-order valence-corrected chi connectivity index (χ0v) is 23.7. The first-order chi connectivity index (χ1) is 17.6. The maximum atomic E-state index is 2.71. The molecular weight excluding hydrogens is 436 g/mol. The van der Waals surface area contributed by atoms with E-state index in [9.17, 15) is 0 Å². The highest BCUT2D eigenvalue weighted by Gasteiger charge is 2.50. The number of rotatable bonds is 17. The summed E-state index contributed by atoms with van der Waals surface area (Å²) in [5.74, 6) is 0.430. The van der Waals surface area contributed by atoms with E-state index in [1.807, 2.05) is 0 Å². The maximum absolute atomic E-state index is 2.71. The van der Waals surface area contributed by atoms with E-state index in [-0.39, 0.29) is 5.66 Å². The lowest BCUT2D eigenvalue weighted by atomic mass is 9.77. The lowest BCUT2D eigenvalue weighted by molar-refractivity contribution is -0.0191. The van der Waals surface area contributed by atoms with Crippen LogP contribution in [-0.4, -0.2) is 28.0 Å². The number of unbranched alkanes of at least 4 members (excludes halogenated alkanes) is 9. The van der Waals surface area contributed by atoms with Crippen LogP contribution in [0.15, 0.2) is 73.1 Å². The molecule has 0 aliphatic carbocycles. The average molecular weight is 489 g/mol. The average Bonchev–Trinajstić information content (AvgIpc) is 3.25. The quantitative estimate of drug-likeness (QED) is 0.204. The zero-order valence-electron chi connectivity index (χ0n) is 23.7. The second kappa shape index (κ2) is 15.1. The van der Waals surface area contributed by atoms with Gasteiger partial charge in [0.25, 0.3) is 0 Å². The van der Waals surface area contributed by atoms with Gasteiger partial charge in [-0.1, -0.05) is 132 Å². The molecule has 0 saturated carbocycles. The van der Waals surface area contributed by atoms with Gasteiger partial charge in [-0.05, 0) is 37.8 Å². The molecule has 0 bridgehead atoms. The van der Waals surface area contributed by atoms with E-state index >= 15 is 0 Å². The largest absolute Gasteiger partial charge is 0.353 e. The van der Waals surface area contributed by atoms with Crippen molar-refractivity contribution in [1.29, 1.82) is 0 Å². The van der Waals surface area contributed by atoms with Crippen molar-refractivity contribution in [2.45, 2.75) is 122 Å². The minimum absolute atomic E-state index is 0.0785. The van der Waals surface area contributed by atoms with Crippen LogP contribution >= 0.6 is 0 Å². The number of hydrogen-bond acceptors (Lipinski definition) is 2. The summed E-state index contributed by atoms with van der Waals surface area (Å²) in [4.78, 5) is 5.38. The van der Waals surface area contributed by atoms with Crippen LogP contribution in [0.25, 0.3) is 0 Å². The van der Waals surface area contributed by atoms with Gasteiger partial charge in [0, 0.05) is 37.3 Å². The molecule has 1 heterocycles. The van der Waals surface area contributed by atoms with Gasteiger partial charge in [-0.25, -0.2) is 0 Å². The fourth-order valence-electron chi connectivity index (χ4n) is 6.32. The molecule has 2 aromatic rings. The Morgan fingerprint density at radius 2 is 1.22 bits per heavy atom. The maximum Gasteiger partial charge on any atom is 0.123 e. The van der Waals surface area contributed by atoms with Crippen LogP contribution in [0.4, 0.5) is 0 Å². The predicted octanol–water partition coefficient (Wildman–Crippen LogP) is 9.54. The Balaban J connectivity index is 1.74. The minimum atomic E-state index is -0.0785. The van der Waals surface area contributed by atoms with Gasteiger partial charge >= 0.3 is 0 Å². The van der Waals surface area contributed by atoms with Gasteiger partial charge < -0.3 is 9.80 Å². The van der Waals surface area contributed by atoms with E-state index in [2.05, 4.69) is 111 Å². The van der Waals surface area contributed by atoms with Crippen LogP contribution in [-0.2, 0) is 6.42 Å². The predicted molar refractivity (Wildman–Crippen MR) is 157 cm³/mol. The van der Waals surface area contributed by atoms with E-state index in [1.165, 1.54) is 75.3 Å². The first-order valence-corrected chi connectivity index (χ1v) is 15.0. The third-order valence-corrected chi connectivity index (χ3v) is 8.14. The molecule has 0 aromatic heterocycles. The molecule has 0 spiro atoms. The molecule has 2 nitrogen and oxygen atoms in total. The molecule has 36 heavy (non-hydrogen) atoms. The van der Waals surface area contributed by atoms with E-state index in [1.54, 1.807) is 0 Å². The van der Waals surface area contributed by atoms with E-state index in [4.69, 9.17) is 0 Å². The van der Waals surface area contributed by atoms with Crippen molar-refractivity contribution in [2.75, 3.05) is 6.54 Å². The molecular formula is C34H52N2. The monoisotopic (exact) mass is 488 g/mol. The van der Waals surface area contributed by atoms with Crippen LogP contribution in [0.2, 0.25) is 0 Å². The van der Waals surface area contributed by atoms with Crippen molar-refractivity contribution < 1.29 is 0 Å². The molecule has 2 atom stereocenters. The fraction of sp³-hybridized carbons (Fsp3) is 0.588. The first kappa shape index (κ1) is 28.4. The van der Waals surface area contributed by atoms with Crippen molar-refractivity contribution in [3.63, 3.8) is 0 Å². The molecule has 0 N–H and O–H groups in total. The summed E-state index contributed by atoms with van der Waals surface area (Å²) in [5, 5.41) is 0. The molecule has 0 radical (unpaired) electrons. The van der Waals surface area contributed by atoms with E-state index in [0.717, 1.165) is 19.4 Å². The summed E-state index contributed by atoms with van der Waals surface area (Å²) in [7, 11) is 0. The Morgan fingerprint density at radius 1 is 0.667 bits per heavy atom. The number of nitrogens with zero attached hydrogens (tertiary/aromatic N) is 2. The molecule has 1 aliphatic rings. The van der Waals surface area contributed by atoms with Crippen molar-refractivity contribution in [2.24, 2.45) is 0 Å². The number of hydrogen-bond donors (Lipinski definition) is 0. The number of benzene rings is 2. The van der Waals surface area contributed by atoms with Gasteiger partial charge in [-0.2, -0.15) is 0 Å². The summed E-state index contributed by atoms with van der Waals surface area (Å²) in [5.41, 5.74) is 2.80. The Hall–Kier alpha value is -2.22. The van der Waals surface area contributed by atoms with Crippen LogP contribution in [0.1, 0.15) is 115 Å². The van der Waals surface area contributed by atoms with Crippen molar-refractivity contribution in [3.05, 3.63) is 84.2 Å². The van der Waals surface area contributed by atoms with Crippen molar-refractivity contribution in [1.82, 2.24) is 9.80 Å². The first-order valence-electron chi connectivity index (χ1n) is 15.0. The van der Waals surface area contributed by atoms with Gasteiger partial charge in [-0.15, -0.1) is 0 Å². The second-order valence-corrected chi connectivity index (χ2v) is 11.1. The topological polar surface area (TPSA) is 6.48 Å². The van der Waals surface area contributed by atoms with Gasteiger partial charge in [0.1, 0.15) is 5.66 Å². The standard InChI is InChI=1S/C34H52N2/c1-5-7-8-9-10-11-12-13-14-21-26-35-27-28-36(30(3)4)34(35,29-31-22-17-15-18-23-31)33(6-2)32-24-19-16-20-25-32/h15-20,22-25,27-28,30,33H,5-14,21,26,29H2,1-4H3. The molecule has 0 saturated heterocycles. The molecule has 1 aliphatic heterocycles. The third kappa shape index (κ3) is 7.40. The molecule has 3 rings (SSSR count). The highest BCUT2D eigenvalue weighted by Crippen LogP contribution is 2.46. The summed E-state index contributed by atoms with van der Waals surface area (Å²) < 4.78 is 0. The highest BCUT2D eigenvalue weighted by atomic mass is 15.4. The van der Waals surface area contributed by atoms with Crippen LogP contribution in [0.5, 0.6) is 0 Å². The Morgan fingerprint density at radius 3 is 1.78 bits per heavy atom. The molecule has 2 aromatic carbocycles. The van der Waals surface area contributed by atoms with Gasteiger partial charge in [0.2, 0.25) is 0 Å². The molecule has 2 heteroatoms. The normalized spacial score (nSPS) is 18.4. The lowest BCUT2D eigenvalue weighted by Crippen LogP contribution is -2.60. The zero-order chi connectivity index (χ0) is 25.6. The fourth-order valence-corrected chi connectivity index (χ4v) is 6.32. The summed E-state index contributed by atoms with van der Waals surface area (Å²) in [6.45, 7) is 10.5. The van der Waals surface area contributed by atoms with Gasteiger partial charge in [0.05, 0.1) is 0 Å². The summed E-state index contributed by atoms with van der Waals surface area (Å²) in [6.07, 6.45) is 20.8. The molecule has 2 unspecified atom stereocenters. The molecule has 0 fully saturated rings. The van der Waals surface area contributed by atoms with Crippen LogP contribution in [0.3, 0.4) is 0 Å². The molecule has 0 amide bonds.